The number of aryl methyl sites for hydroxylation is 1. The first-order chi connectivity index (χ1) is 17.2. The summed E-state index contributed by atoms with van der Waals surface area (Å²) in [5, 5.41) is 3.71. The third-order valence-electron chi connectivity index (χ3n) is 6.35. The van der Waals surface area contributed by atoms with E-state index in [4.69, 9.17) is 4.74 Å². The van der Waals surface area contributed by atoms with E-state index in [9.17, 15) is 22.8 Å². The van der Waals surface area contributed by atoms with E-state index >= 15 is 0 Å². The maximum Gasteiger partial charge on any atom is 0.435 e. The molecule has 1 fully saturated rings. The first-order valence-electron chi connectivity index (χ1n) is 11.4. The number of aromatic nitrogens is 5. The van der Waals surface area contributed by atoms with Gasteiger partial charge in [-0.25, -0.2) is 4.98 Å². The summed E-state index contributed by atoms with van der Waals surface area (Å²) in [5.41, 5.74) is -1.04. The molecule has 0 radical (unpaired) electrons. The van der Waals surface area contributed by atoms with Gasteiger partial charge in [0.25, 0.3) is 5.56 Å². The Labute approximate surface area is 203 Å². The molecule has 0 spiro atoms. The van der Waals surface area contributed by atoms with Crippen molar-refractivity contribution in [3.63, 3.8) is 0 Å². The van der Waals surface area contributed by atoms with Crippen LogP contribution in [0.2, 0.25) is 0 Å². The summed E-state index contributed by atoms with van der Waals surface area (Å²) >= 11 is 0. The molecule has 1 aliphatic rings. The number of benzene rings is 1. The fourth-order valence-corrected chi connectivity index (χ4v) is 4.47. The number of rotatable bonds is 7. The molecule has 0 saturated heterocycles. The Morgan fingerprint density at radius 1 is 1.19 bits per heavy atom. The Balaban J connectivity index is 1.74. The third-order valence-corrected chi connectivity index (χ3v) is 6.35. The number of halogens is 3. The lowest BCUT2D eigenvalue weighted by molar-refractivity contribution is -0.141. The van der Waals surface area contributed by atoms with Gasteiger partial charge in [0.1, 0.15) is 12.0 Å². The van der Waals surface area contributed by atoms with Crippen molar-refractivity contribution in [3.05, 3.63) is 70.3 Å². The zero-order valence-corrected chi connectivity index (χ0v) is 19.5. The molecule has 1 aliphatic carbocycles. The number of carbonyl (C=O) groups excluding carboxylic acids is 1. The van der Waals surface area contributed by atoms with Gasteiger partial charge in [-0.2, -0.15) is 18.3 Å². The largest absolute Gasteiger partial charge is 0.497 e. The minimum atomic E-state index is -4.73. The van der Waals surface area contributed by atoms with Crippen LogP contribution in [0.1, 0.15) is 47.6 Å². The molecule has 0 bridgehead atoms. The minimum absolute atomic E-state index is 0.0216. The van der Waals surface area contributed by atoms with Gasteiger partial charge < -0.3 is 4.74 Å². The van der Waals surface area contributed by atoms with Crippen molar-refractivity contribution < 1.29 is 22.7 Å². The monoisotopic (exact) mass is 497 g/mol. The maximum atomic E-state index is 13.8. The average Bonchev–Trinajstić information content (AvgIpc) is 3.60. The highest BCUT2D eigenvalue weighted by Crippen LogP contribution is 2.43. The summed E-state index contributed by atoms with van der Waals surface area (Å²) in [6.07, 6.45) is 1.73. The van der Waals surface area contributed by atoms with Gasteiger partial charge in [-0.15, -0.1) is 0 Å². The van der Waals surface area contributed by atoms with Crippen molar-refractivity contribution in [2.45, 2.75) is 38.5 Å². The molecule has 8 nitrogen and oxygen atoms in total. The van der Waals surface area contributed by atoms with E-state index in [1.165, 1.54) is 36.3 Å². The molecule has 0 unspecified atom stereocenters. The van der Waals surface area contributed by atoms with Crippen LogP contribution in [0.15, 0.2) is 47.8 Å². The van der Waals surface area contributed by atoms with E-state index in [0.29, 0.717) is 17.7 Å². The van der Waals surface area contributed by atoms with E-state index in [2.05, 4.69) is 15.1 Å². The number of hydrogen-bond donors (Lipinski definition) is 0. The Kier molecular flexibility index (Phi) is 5.85. The molecule has 3 heterocycles. The van der Waals surface area contributed by atoms with Crippen molar-refractivity contribution in [1.82, 2.24) is 24.3 Å². The predicted octanol–water partition coefficient (Wildman–Crippen LogP) is 4.51. The Morgan fingerprint density at radius 3 is 2.61 bits per heavy atom. The van der Waals surface area contributed by atoms with Crippen LogP contribution >= 0.6 is 0 Å². The Bertz CT molecular complexity index is 1520. The molecule has 1 saturated carbocycles. The van der Waals surface area contributed by atoms with Crippen LogP contribution in [0, 0.1) is 5.92 Å². The second-order valence-electron chi connectivity index (χ2n) is 8.69. The van der Waals surface area contributed by atoms with Crippen LogP contribution in [0.25, 0.3) is 22.0 Å². The molecule has 0 N–H and O–H groups in total. The van der Waals surface area contributed by atoms with Crippen molar-refractivity contribution in [2.24, 2.45) is 5.92 Å². The highest BCUT2D eigenvalue weighted by atomic mass is 19.4. The molecule has 4 aromatic rings. The van der Waals surface area contributed by atoms with Gasteiger partial charge in [-0.1, -0.05) is 0 Å². The predicted molar refractivity (Wildman–Crippen MR) is 125 cm³/mol. The summed E-state index contributed by atoms with van der Waals surface area (Å²) < 4.78 is 49.3. The first kappa shape index (κ1) is 23.7. The minimum Gasteiger partial charge on any atom is -0.497 e. The molecule has 186 valence electrons. The van der Waals surface area contributed by atoms with Gasteiger partial charge in [0.15, 0.2) is 5.69 Å². The van der Waals surface area contributed by atoms with Crippen LogP contribution in [0.5, 0.6) is 5.75 Å². The fraction of sp³-hybridized carbons (Fsp3) is 0.320. The Hall–Kier alpha value is -4.02. The van der Waals surface area contributed by atoms with Gasteiger partial charge in [0.2, 0.25) is 0 Å². The normalized spacial score (nSPS) is 14.7. The number of methoxy groups -OCH3 is 1. The number of nitrogens with zero attached hydrogens (tertiary/aromatic N) is 5. The van der Waals surface area contributed by atoms with Gasteiger partial charge in [0.05, 0.1) is 36.1 Å². The van der Waals surface area contributed by atoms with E-state index < -0.39 is 23.5 Å². The van der Waals surface area contributed by atoms with E-state index in [0.717, 1.165) is 17.5 Å². The number of pyridine rings is 1. The zero-order chi connectivity index (χ0) is 25.6. The molecule has 0 aliphatic heterocycles. The van der Waals surface area contributed by atoms with Gasteiger partial charge in [-0.3, -0.25) is 23.8 Å². The number of aldehydes is 1. The van der Waals surface area contributed by atoms with Crippen LogP contribution < -0.4 is 10.3 Å². The van der Waals surface area contributed by atoms with Gasteiger partial charge >= 0.3 is 6.18 Å². The fourth-order valence-electron chi connectivity index (χ4n) is 4.47. The quantitative estimate of drug-likeness (QED) is 0.349. The van der Waals surface area contributed by atoms with Crippen molar-refractivity contribution in [1.29, 1.82) is 0 Å². The van der Waals surface area contributed by atoms with Gasteiger partial charge in [0, 0.05) is 41.7 Å². The molecule has 1 atom stereocenters. The van der Waals surface area contributed by atoms with E-state index in [-0.39, 0.29) is 40.1 Å². The molecule has 11 heteroatoms. The zero-order valence-electron chi connectivity index (χ0n) is 19.5. The average molecular weight is 497 g/mol. The van der Waals surface area contributed by atoms with E-state index in [1.807, 2.05) is 0 Å². The Morgan fingerprint density at radius 2 is 1.97 bits per heavy atom. The number of fused-ring (bicyclic) bond motifs is 1. The number of alkyl halides is 3. The summed E-state index contributed by atoms with van der Waals surface area (Å²) in [4.78, 5) is 34.3. The first-order valence-corrected chi connectivity index (χ1v) is 11.4. The number of ether oxygens (including phenoxy) is 1. The number of hydrogen-bond acceptors (Lipinski definition) is 6. The molecule has 3 aromatic heterocycles. The smallest absolute Gasteiger partial charge is 0.435 e. The summed E-state index contributed by atoms with van der Waals surface area (Å²) in [7, 11) is 1.54. The second kappa shape index (κ2) is 8.89. The van der Waals surface area contributed by atoms with Crippen LogP contribution in [0.3, 0.4) is 0 Å². The summed E-state index contributed by atoms with van der Waals surface area (Å²) in [6.45, 7) is 1.88. The lowest BCUT2D eigenvalue weighted by atomic mass is 9.99. The summed E-state index contributed by atoms with van der Waals surface area (Å²) in [6, 6.07) is 5.69. The SMILES string of the molecule is CCn1cc(-c2cc(C=O)cc3c(=O)n([C@H](c4cc(OC)ccn4)C4CC4)cnc23)c(C(F)(F)F)n1. The number of carbonyl (C=O) groups is 1. The highest BCUT2D eigenvalue weighted by molar-refractivity contribution is 5.98. The molecule has 36 heavy (non-hydrogen) atoms. The van der Waals surface area contributed by atoms with Crippen molar-refractivity contribution in [3.8, 4) is 16.9 Å². The van der Waals surface area contributed by atoms with Gasteiger partial charge in [-0.05, 0) is 43.9 Å². The second-order valence-corrected chi connectivity index (χ2v) is 8.69. The molecule has 0 amide bonds. The topological polar surface area (TPSA) is 91.9 Å². The van der Waals surface area contributed by atoms with Crippen molar-refractivity contribution in [2.75, 3.05) is 7.11 Å². The molecule has 1 aromatic carbocycles. The lowest BCUT2D eigenvalue weighted by Gasteiger charge is -2.20. The highest BCUT2D eigenvalue weighted by Gasteiger charge is 2.39. The van der Waals surface area contributed by atoms with Crippen LogP contribution in [0.4, 0.5) is 13.2 Å². The van der Waals surface area contributed by atoms with Crippen molar-refractivity contribution >= 4 is 17.2 Å². The molecule has 5 rings (SSSR count). The summed E-state index contributed by atoms with van der Waals surface area (Å²) in [5.74, 6) is 0.737. The third kappa shape index (κ3) is 4.14. The maximum absolute atomic E-state index is 13.8. The molecular weight excluding hydrogens is 475 g/mol. The van der Waals surface area contributed by atoms with E-state index in [1.54, 1.807) is 25.3 Å². The standard InChI is InChI=1S/C25H22F3N5O3/c1-3-32-11-19(23(31-32)25(26,27)28)17-8-14(12-34)9-18-21(17)30-13-33(24(18)35)22(15-4-5-15)20-10-16(36-2)6-7-29-20/h6-13,15,22H,3-5H2,1-2H3/t22-/m0/s1. The van der Waals surface area contributed by atoms with Crippen LogP contribution in [-0.4, -0.2) is 37.7 Å². The lowest BCUT2D eigenvalue weighted by Crippen LogP contribution is -2.28. The molecular formula is C25H22F3N5O3. The van der Waals surface area contributed by atoms with Crippen LogP contribution in [-0.2, 0) is 12.7 Å².